The van der Waals surface area contributed by atoms with E-state index in [0.717, 1.165) is 0 Å². The van der Waals surface area contributed by atoms with E-state index in [1.165, 1.54) is 0 Å². The predicted molar refractivity (Wildman–Crippen MR) is 23.2 cm³/mol. The Morgan fingerprint density at radius 3 is 2.50 bits per heavy atom. The van der Waals surface area contributed by atoms with Crippen LogP contribution in [0.1, 0.15) is 0 Å². The summed E-state index contributed by atoms with van der Waals surface area (Å²) in [5.41, 5.74) is 8.34. The molecule has 0 radical (unpaired) electrons. The Balaban J connectivity index is 3.23. The van der Waals surface area contributed by atoms with Crippen LogP contribution in [0.4, 0.5) is 0 Å². The van der Waals surface area contributed by atoms with Crippen LogP contribution >= 0.6 is 0 Å². The molecule has 0 rings (SSSR count). The quantitative estimate of drug-likeness (QED) is 0.199. The van der Waals surface area contributed by atoms with Gasteiger partial charge in [-0.15, -0.1) is 0 Å². The average molecular weight is 151 g/mol. The van der Waals surface area contributed by atoms with Crippen LogP contribution in [-0.2, 0) is 0 Å². The molecule has 0 aliphatic heterocycles. The van der Waals surface area contributed by atoms with Gasteiger partial charge < -0.3 is 0 Å². The number of nitrogens with two attached hydrogens (primary N) is 1. The normalized spacial score (nSPS) is 6.83. The van der Waals surface area contributed by atoms with Gasteiger partial charge in [0.25, 0.3) is 0 Å². The van der Waals surface area contributed by atoms with Crippen LogP contribution in [0.2, 0.25) is 0 Å². The molecule has 0 amide bonds. The fourth-order valence-electron chi connectivity index (χ4n) is 0.0323. The van der Waals surface area contributed by atoms with Gasteiger partial charge in [-0.3, -0.25) is 0 Å². The summed E-state index contributed by atoms with van der Waals surface area (Å²) in [7, 11) is 0. The molecule has 0 saturated carbocycles. The van der Waals surface area contributed by atoms with E-state index in [9.17, 15) is 0 Å². The minimum absolute atomic E-state index is 0.287. The van der Waals surface area contributed by atoms with Crippen molar-refractivity contribution in [1.29, 1.82) is 5.53 Å². The van der Waals surface area contributed by atoms with Crippen LogP contribution in [0.25, 0.3) is 0 Å². The maximum absolute atomic E-state index is 6.22. The third-order valence-electron chi connectivity index (χ3n) is 0.225. The van der Waals surface area contributed by atoms with Gasteiger partial charge in [-0.05, 0) is 0 Å². The molecular formula is CH4N4Se. The molecule has 0 saturated heterocycles. The Hall–Kier alpha value is -0.251. The van der Waals surface area contributed by atoms with Crippen LogP contribution < -0.4 is 11.3 Å². The molecule has 0 bridgehead atoms. The van der Waals surface area contributed by atoms with Crippen molar-refractivity contribution < 1.29 is 0 Å². The van der Waals surface area contributed by atoms with Gasteiger partial charge in [-0.1, -0.05) is 0 Å². The monoisotopic (exact) mass is 152 g/mol. The number of hydrogen-bond donors (Lipinski definition) is 3. The summed E-state index contributed by atoms with van der Waals surface area (Å²) in [6.45, 7) is 0. The Morgan fingerprint density at radius 2 is 2.50 bits per heavy atom. The van der Waals surface area contributed by atoms with E-state index in [2.05, 4.69) is 26.1 Å². The molecular weight excluding hydrogens is 147 g/mol. The van der Waals surface area contributed by atoms with Crippen molar-refractivity contribution in [2.24, 2.45) is 11.0 Å². The number of nitrogens with one attached hydrogen (secondary N) is 2. The van der Waals surface area contributed by atoms with E-state index in [1.807, 2.05) is 0 Å². The van der Waals surface area contributed by atoms with E-state index < -0.39 is 0 Å². The molecule has 0 aliphatic carbocycles. The van der Waals surface area contributed by atoms with Crippen molar-refractivity contribution in [1.82, 2.24) is 5.43 Å². The SMILES string of the molecule is N=NC(=[Se])NN. The van der Waals surface area contributed by atoms with Crippen molar-refractivity contribution >= 4 is 20.2 Å². The second kappa shape index (κ2) is 2.96. The minimum atomic E-state index is 0.287. The maximum atomic E-state index is 6.22. The van der Waals surface area contributed by atoms with Gasteiger partial charge in [0.1, 0.15) is 0 Å². The Morgan fingerprint density at radius 1 is 2.00 bits per heavy atom. The molecule has 0 aromatic heterocycles. The van der Waals surface area contributed by atoms with E-state index >= 15 is 0 Å². The van der Waals surface area contributed by atoms with E-state index in [0.29, 0.717) is 0 Å². The summed E-state index contributed by atoms with van der Waals surface area (Å²) in [6.07, 6.45) is 0. The van der Waals surface area contributed by atoms with Gasteiger partial charge in [0, 0.05) is 0 Å². The second-order valence-electron chi connectivity index (χ2n) is 0.561. The molecule has 34 valence electrons. The molecule has 0 atom stereocenters. The second-order valence-corrected chi connectivity index (χ2v) is 1.37. The van der Waals surface area contributed by atoms with Crippen molar-refractivity contribution in [3.8, 4) is 0 Å². The first-order valence-electron chi connectivity index (χ1n) is 1.19. The van der Waals surface area contributed by atoms with Crippen LogP contribution in [0.15, 0.2) is 5.11 Å². The van der Waals surface area contributed by atoms with Crippen molar-refractivity contribution in [2.75, 3.05) is 0 Å². The molecule has 0 aliphatic rings. The molecule has 6 heavy (non-hydrogen) atoms. The van der Waals surface area contributed by atoms with Crippen molar-refractivity contribution in [3.05, 3.63) is 0 Å². The van der Waals surface area contributed by atoms with Crippen LogP contribution in [0.3, 0.4) is 0 Å². The number of hydrogen-bond acceptors (Lipinski definition) is 4. The standard InChI is InChI=1S/CH4N4Se/c2-4-1(6)5-3/h2H,3H2,(H,5,6). The van der Waals surface area contributed by atoms with Gasteiger partial charge in [0.2, 0.25) is 0 Å². The molecule has 4 N–H and O–H groups in total. The summed E-state index contributed by atoms with van der Waals surface area (Å²) < 4.78 is 0.287. The predicted octanol–water partition coefficient (Wildman–Crippen LogP) is -1.26. The van der Waals surface area contributed by atoms with Gasteiger partial charge in [0.05, 0.1) is 0 Å². The molecule has 0 unspecified atom stereocenters. The number of hydrazine groups is 1. The summed E-state index contributed by atoms with van der Waals surface area (Å²) in [5, 5.41) is 2.88. The zero-order valence-corrected chi connectivity index (χ0v) is 4.65. The van der Waals surface area contributed by atoms with E-state index in [4.69, 9.17) is 11.4 Å². The molecule has 0 heterocycles. The summed E-state index contributed by atoms with van der Waals surface area (Å²) >= 11 is 2.40. The zero-order chi connectivity index (χ0) is 4.99. The Bertz CT molecular complexity index is 67.9. The molecule has 0 spiro atoms. The summed E-state index contributed by atoms with van der Waals surface area (Å²) in [4.78, 5) is 0. The molecule has 0 aromatic carbocycles. The first-order valence-corrected chi connectivity index (χ1v) is 2.05. The number of rotatable bonds is 2. The van der Waals surface area contributed by atoms with E-state index in [-0.39, 0.29) is 4.67 Å². The molecule has 4 nitrogen and oxygen atoms in total. The topological polar surface area (TPSA) is 74.3 Å². The van der Waals surface area contributed by atoms with Gasteiger partial charge in [0.15, 0.2) is 0 Å². The van der Waals surface area contributed by atoms with Gasteiger partial charge in [-0.25, -0.2) is 0 Å². The third kappa shape index (κ3) is 2.02. The molecule has 0 fully saturated rings. The first kappa shape index (κ1) is 5.75. The molecule has 5 heteroatoms. The Labute approximate surface area is 42.9 Å². The first-order chi connectivity index (χ1) is 2.81. The van der Waals surface area contributed by atoms with Gasteiger partial charge >= 0.3 is 42.2 Å². The van der Waals surface area contributed by atoms with Crippen molar-refractivity contribution in [2.45, 2.75) is 0 Å². The fourth-order valence-corrected chi connectivity index (χ4v) is 0.0323. The van der Waals surface area contributed by atoms with Crippen molar-refractivity contribution in [3.63, 3.8) is 0 Å². The third-order valence-corrected chi connectivity index (χ3v) is 0.664. The summed E-state index contributed by atoms with van der Waals surface area (Å²) in [6, 6.07) is 0. The van der Waals surface area contributed by atoms with Crippen LogP contribution in [-0.4, -0.2) is 20.2 Å². The summed E-state index contributed by atoms with van der Waals surface area (Å²) in [5.74, 6) is 4.75. The zero-order valence-electron chi connectivity index (χ0n) is 2.93. The Kier molecular flexibility index (Phi) is 2.84. The van der Waals surface area contributed by atoms with E-state index in [1.54, 1.807) is 0 Å². The van der Waals surface area contributed by atoms with Crippen LogP contribution in [0.5, 0.6) is 0 Å². The average Bonchev–Trinajstić information content (AvgIpc) is 1.65. The van der Waals surface area contributed by atoms with Gasteiger partial charge in [-0.2, -0.15) is 0 Å². The van der Waals surface area contributed by atoms with Crippen LogP contribution in [0, 0.1) is 5.53 Å². The molecule has 0 aromatic rings. The fraction of sp³-hybridized carbons (Fsp3) is 0. The number of nitrogens with zero attached hydrogens (tertiary/aromatic N) is 1.